The van der Waals surface area contributed by atoms with Crippen molar-refractivity contribution in [3.63, 3.8) is 0 Å². The molecule has 0 spiro atoms. The van der Waals surface area contributed by atoms with E-state index in [0.29, 0.717) is 30.3 Å². The molecule has 106 valence electrons. The van der Waals surface area contributed by atoms with Crippen molar-refractivity contribution in [2.45, 2.75) is 19.4 Å². The van der Waals surface area contributed by atoms with Gasteiger partial charge in [-0.05, 0) is 31.0 Å². The molecule has 1 heterocycles. The number of aryl methyl sites for hydroxylation is 1. The molecular weight excluding hydrogens is 286 g/mol. The smallest absolute Gasteiger partial charge is 0.151 e. The molecule has 19 heavy (non-hydrogen) atoms. The Bertz CT molecular complexity index is 545. The van der Waals surface area contributed by atoms with E-state index >= 15 is 0 Å². The van der Waals surface area contributed by atoms with Crippen LogP contribution in [0.15, 0.2) is 18.2 Å². The van der Waals surface area contributed by atoms with E-state index in [-0.39, 0.29) is 17.5 Å². The zero-order chi connectivity index (χ0) is 13.9. The molecule has 0 bridgehead atoms. The maximum atomic E-state index is 11.3. The SMILES string of the molecule is Cc1ccc(OCCNC2CCS(=O)(=O)C2)c(Cl)c1. The number of hydrogen-bond donors (Lipinski definition) is 1. The molecule has 1 aliphatic rings. The second-order valence-corrected chi connectivity index (χ2v) is 7.47. The van der Waals surface area contributed by atoms with Gasteiger partial charge in [0, 0.05) is 12.6 Å². The minimum Gasteiger partial charge on any atom is -0.491 e. The van der Waals surface area contributed by atoms with Crippen molar-refractivity contribution >= 4 is 21.4 Å². The first-order chi connectivity index (χ1) is 8.96. The molecule has 1 aromatic rings. The molecule has 1 fully saturated rings. The topological polar surface area (TPSA) is 55.4 Å². The summed E-state index contributed by atoms with van der Waals surface area (Å²) in [6, 6.07) is 5.70. The van der Waals surface area contributed by atoms with Crippen molar-refractivity contribution < 1.29 is 13.2 Å². The molecule has 0 aliphatic carbocycles. The summed E-state index contributed by atoms with van der Waals surface area (Å²) in [5.41, 5.74) is 1.09. The minimum absolute atomic E-state index is 0.0575. The molecule has 1 N–H and O–H groups in total. The van der Waals surface area contributed by atoms with Crippen molar-refractivity contribution in [3.05, 3.63) is 28.8 Å². The van der Waals surface area contributed by atoms with Crippen LogP contribution in [0.2, 0.25) is 5.02 Å². The maximum absolute atomic E-state index is 11.3. The quantitative estimate of drug-likeness (QED) is 0.843. The van der Waals surface area contributed by atoms with Crippen molar-refractivity contribution in [2.24, 2.45) is 0 Å². The van der Waals surface area contributed by atoms with E-state index in [1.54, 1.807) is 0 Å². The predicted octanol–water partition coefficient (Wildman–Crippen LogP) is 1.80. The van der Waals surface area contributed by atoms with Crippen LogP contribution in [-0.2, 0) is 9.84 Å². The van der Waals surface area contributed by atoms with Crippen LogP contribution in [0.1, 0.15) is 12.0 Å². The van der Waals surface area contributed by atoms with Gasteiger partial charge in [0.1, 0.15) is 12.4 Å². The van der Waals surface area contributed by atoms with E-state index in [4.69, 9.17) is 16.3 Å². The van der Waals surface area contributed by atoms with Crippen LogP contribution in [0.5, 0.6) is 5.75 Å². The number of rotatable bonds is 5. The van der Waals surface area contributed by atoms with Gasteiger partial charge >= 0.3 is 0 Å². The third kappa shape index (κ3) is 4.37. The van der Waals surface area contributed by atoms with Gasteiger partial charge in [0.15, 0.2) is 9.84 Å². The first-order valence-electron chi connectivity index (χ1n) is 6.29. The van der Waals surface area contributed by atoms with Crippen molar-refractivity contribution in [2.75, 3.05) is 24.7 Å². The summed E-state index contributed by atoms with van der Waals surface area (Å²) in [6.07, 6.45) is 0.688. The summed E-state index contributed by atoms with van der Waals surface area (Å²) in [5.74, 6) is 1.18. The van der Waals surface area contributed by atoms with Crippen LogP contribution < -0.4 is 10.1 Å². The number of sulfone groups is 1. The van der Waals surface area contributed by atoms with Gasteiger partial charge in [0.25, 0.3) is 0 Å². The molecule has 0 amide bonds. The Morgan fingerprint density at radius 2 is 2.26 bits per heavy atom. The zero-order valence-corrected chi connectivity index (χ0v) is 12.4. The maximum Gasteiger partial charge on any atom is 0.151 e. The zero-order valence-electron chi connectivity index (χ0n) is 10.9. The molecule has 1 atom stereocenters. The second kappa shape index (κ2) is 6.11. The second-order valence-electron chi connectivity index (χ2n) is 4.84. The van der Waals surface area contributed by atoms with E-state index in [9.17, 15) is 8.42 Å². The van der Waals surface area contributed by atoms with Crippen LogP contribution in [-0.4, -0.2) is 39.1 Å². The average molecular weight is 304 g/mol. The van der Waals surface area contributed by atoms with Crippen molar-refractivity contribution in [1.82, 2.24) is 5.32 Å². The predicted molar refractivity (Wildman–Crippen MR) is 76.7 cm³/mol. The summed E-state index contributed by atoms with van der Waals surface area (Å²) in [4.78, 5) is 0. The molecule has 1 unspecified atom stereocenters. The van der Waals surface area contributed by atoms with Crippen LogP contribution in [0.4, 0.5) is 0 Å². The van der Waals surface area contributed by atoms with E-state index in [1.165, 1.54) is 0 Å². The van der Waals surface area contributed by atoms with Crippen LogP contribution in [0, 0.1) is 6.92 Å². The van der Waals surface area contributed by atoms with Gasteiger partial charge in [-0.15, -0.1) is 0 Å². The van der Waals surface area contributed by atoms with E-state index in [1.807, 2.05) is 25.1 Å². The number of benzene rings is 1. The Hall–Kier alpha value is -0.780. The molecule has 6 heteroatoms. The monoisotopic (exact) mass is 303 g/mol. The molecular formula is C13H18ClNO3S. The summed E-state index contributed by atoms with van der Waals surface area (Å²) >= 11 is 6.05. The highest BCUT2D eigenvalue weighted by Crippen LogP contribution is 2.24. The van der Waals surface area contributed by atoms with Crippen LogP contribution >= 0.6 is 11.6 Å². The normalized spacial score (nSPS) is 21.5. The highest BCUT2D eigenvalue weighted by Gasteiger charge is 2.27. The first-order valence-corrected chi connectivity index (χ1v) is 8.49. The third-order valence-corrected chi connectivity index (χ3v) is 5.18. The Morgan fingerprint density at radius 3 is 2.89 bits per heavy atom. The third-order valence-electron chi connectivity index (χ3n) is 3.11. The molecule has 2 rings (SSSR count). The van der Waals surface area contributed by atoms with E-state index < -0.39 is 9.84 Å². The molecule has 0 aromatic heterocycles. The molecule has 0 saturated carbocycles. The Kier molecular flexibility index (Phi) is 4.71. The summed E-state index contributed by atoms with van der Waals surface area (Å²) in [5, 5.41) is 3.79. The number of hydrogen-bond acceptors (Lipinski definition) is 4. The fourth-order valence-electron chi connectivity index (χ4n) is 2.10. The fourth-order valence-corrected chi connectivity index (χ4v) is 4.10. The number of ether oxygens (including phenoxy) is 1. The lowest BCUT2D eigenvalue weighted by Gasteiger charge is -2.12. The van der Waals surface area contributed by atoms with E-state index in [2.05, 4.69) is 5.32 Å². The standard InChI is InChI=1S/C13H18ClNO3S/c1-10-2-3-13(12(14)8-10)18-6-5-15-11-4-7-19(16,17)9-11/h2-3,8,11,15H,4-7,9H2,1H3. The summed E-state index contributed by atoms with van der Waals surface area (Å²) in [6.45, 7) is 3.06. The lowest BCUT2D eigenvalue weighted by atomic mass is 10.2. The number of nitrogens with one attached hydrogen (secondary N) is 1. The largest absolute Gasteiger partial charge is 0.491 e. The molecule has 0 radical (unpaired) electrons. The molecule has 1 saturated heterocycles. The molecule has 1 aliphatic heterocycles. The Morgan fingerprint density at radius 1 is 1.47 bits per heavy atom. The lowest BCUT2D eigenvalue weighted by Crippen LogP contribution is -2.33. The Balaban J connectivity index is 1.72. The van der Waals surface area contributed by atoms with E-state index in [0.717, 1.165) is 5.56 Å². The van der Waals surface area contributed by atoms with Gasteiger partial charge in [-0.1, -0.05) is 17.7 Å². The Labute approximate surface area is 119 Å². The van der Waals surface area contributed by atoms with Gasteiger partial charge < -0.3 is 10.1 Å². The number of halogens is 1. The average Bonchev–Trinajstić information content (AvgIpc) is 2.67. The minimum atomic E-state index is -2.82. The van der Waals surface area contributed by atoms with Gasteiger partial charge in [0.2, 0.25) is 0 Å². The van der Waals surface area contributed by atoms with Gasteiger partial charge in [-0.2, -0.15) is 0 Å². The lowest BCUT2D eigenvalue weighted by molar-refractivity contribution is 0.307. The summed E-state index contributed by atoms with van der Waals surface area (Å²) in [7, 11) is -2.82. The van der Waals surface area contributed by atoms with Gasteiger partial charge in [-0.3, -0.25) is 0 Å². The summed E-state index contributed by atoms with van der Waals surface area (Å²) < 4.78 is 28.1. The molecule has 1 aromatic carbocycles. The molecule has 4 nitrogen and oxygen atoms in total. The van der Waals surface area contributed by atoms with Gasteiger partial charge in [0.05, 0.1) is 16.5 Å². The van der Waals surface area contributed by atoms with Gasteiger partial charge in [-0.25, -0.2) is 8.42 Å². The highest BCUT2D eigenvalue weighted by atomic mass is 35.5. The van der Waals surface area contributed by atoms with Crippen molar-refractivity contribution in [3.8, 4) is 5.75 Å². The van der Waals surface area contributed by atoms with Crippen LogP contribution in [0.25, 0.3) is 0 Å². The highest BCUT2D eigenvalue weighted by molar-refractivity contribution is 7.91. The van der Waals surface area contributed by atoms with Crippen molar-refractivity contribution in [1.29, 1.82) is 0 Å². The first kappa shape index (κ1) is 14.6. The van der Waals surface area contributed by atoms with Crippen LogP contribution in [0.3, 0.4) is 0 Å². The fraction of sp³-hybridized carbons (Fsp3) is 0.538.